The predicted octanol–water partition coefficient (Wildman–Crippen LogP) is 3.90. The molecule has 0 aliphatic carbocycles. The first-order chi connectivity index (χ1) is 15.1. The van der Waals surface area contributed by atoms with Crippen molar-refractivity contribution in [2.45, 2.75) is 13.5 Å². The van der Waals surface area contributed by atoms with Crippen molar-refractivity contribution in [1.29, 1.82) is 0 Å². The van der Waals surface area contributed by atoms with Crippen molar-refractivity contribution in [3.05, 3.63) is 70.7 Å². The predicted molar refractivity (Wildman–Crippen MR) is 125 cm³/mol. The largest absolute Gasteiger partial charge is 0.335 e. The lowest BCUT2D eigenvalue weighted by Crippen LogP contribution is -2.47. The summed E-state index contributed by atoms with van der Waals surface area (Å²) in [5.41, 5.74) is 3.99. The number of aryl methyl sites for hydroxylation is 1. The van der Waals surface area contributed by atoms with E-state index in [4.69, 9.17) is 9.97 Å². The number of rotatable bonds is 4. The molecule has 0 N–H and O–H groups in total. The van der Waals surface area contributed by atoms with E-state index >= 15 is 0 Å². The molecule has 6 nitrogen and oxygen atoms in total. The van der Waals surface area contributed by atoms with Crippen LogP contribution in [0.1, 0.15) is 20.9 Å². The number of carbonyl (C=O) groups is 1. The van der Waals surface area contributed by atoms with Crippen molar-refractivity contribution in [3.8, 4) is 10.8 Å². The summed E-state index contributed by atoms with van der Waals surface area (Å²) < 4.78 is 2.20. The molecular weight excluding hydrogens is 406 g/mol. The number of likely N-dealkylation sites (N-methyl/N-ethyl adjacent to an activating group) is 1. The minimum atomic E-state index is 0.0834. The molecule has 0 saturated carbocycles. The molecule has 158 valence electrons. The second kappa shape index (κ2) is 8.24. The van der Waals surface area contributed by atoms with Crippen LogP contribution in [-0.2, 0) is 6.54 Å². The van der Waals surface area contributed by atoms with E-state index in [0.717, 1.165) is 58.6 Å². The molecule has 4 aromatic rings. The lowest BCUT2D eigenvalue weighted by Gasteiger charge is -2.32. The summed E-state index contributed by atoms with van der Waals surface area (Å²) in [5, 5.41) is 0.794. The molecule has 0 radical (unpaired) electrons. The smallest absolute Gasteiger partial charge is 0.265 e. The fraction of sp³-hybridized carbons (Fsp3) is 0.292. The molecule has 1 aliphatic heterocycles. The van der Waals surface area contributed by atoms with Crippen LogP contribution in [0.25, 0.3) is 21.9 Å². The first-order valence-electron chi connectivity index (χ1n) is 10.5. The van der Waals surface area contributed by atoms with Crippen molar-refractivity contribution >= 4 is 28.3 Å². The van der Waals surface area contributed by atoms with Crippen molar-refractivity contribution in [2.24, 2.45) is 0 Å². The van der Waals surface area contributed by atoms with Gasteiger partial charge < -0.3 is 14.4 Å². The second-order valence-electron chi connectivity index (χ2n) is 8.02. The maximum atomic E-state index is 13.2. The van der Waals surface area contributed by atoms with Gasteiger partial charge in [0.2, 0.25) is 0 Å². The Morgan fingerprint density at radius 3 is 2.45 bits per heavy atom. The van der Waals surface area contributed by atoms with Crippen molar-refractivity contribution in [1.82, 2.24) is 24.3 Å². The molecule has 0 bridgehead atoms. The normalized spacial score (nSPS) is 15.0. The Bertz CT molecular complexity index is 1220. The number of hydrogen-bond acceptors (Lipinski definition) is 5. The number of fused-ring (bicyclic) bond motifs is 1. The van der Waals surface area contributed by atoms with Crippen LogP contribution in [0.15, 0.2) is 54.6 Å². The number of nitrogens with zero attached hydrogens (tertiary/aromatic N) is 5. The molecule has 2 aromatic heterocycles. The van der Waals surface area contributed by atoms with Crippen molar-refractivity contribution in [3.63, 3.8) is 0 Å². The number of piperazine rings is 1. The summed E-state index contributed by atoms with van der Waals surface area (Å²) in [5.74, 6) is 0.899. The van der Waals surface area contributed by atoms with Gasteiger partial charge in [-0.25, -0.2) is 9.97 Å². The number of hydrogen-bond donors (Lipinski definition) is 0. The highest BCUT2D eigenvalue weighted by Crippen LogP contribution is 2.31. The summed E-state index contributed by atoms with van der Waals surface area (Å²) >= 11 is 1.46. The van der Waals surface area contributed by atoms with Gasteiger partial charge in [0.05, 0.1) is 16.7 Å². The fourth-order valence-corrected chi connectivity index (χ4v) is 5.04. The average molecular weight is 432 g/mol. The number of para-hydroxylation sites is 2. The number of aromatic nitrogens is 3. The third-order valence-corrected chi connectivity index (χ3v) is 6.95. The van der Waals surface area contributed by atoms with E-state index in [1.807, 2.05) is 36.1 Å². The first-order valence-corrected chi connectivity index (χ1v) is 11.4. The topological polar surface area (TPSA) is 54.3 Å². The first kappa shape index (κ1) is 19.9. The molecule has 1 fully saturated rings. The Labute approximate surface area is 185 Å². The molecule has 0 unspecified atom stereocenters. The molecule has 0 spiro atoms. The number of thiazole rings is 1. The van der Waals surface area contributed by atoms with Gasteiger partial charge in [0, 0.05) is 32.7 Å². The van der Waals surface area contributed by atoms with Gasteiger partial charge in [0.15, 0.2) is 10.8 Å². The molecule has 3 heterocycles. The standard InChI is InChI=1S/C24H25N5OS/c1-17-21(24(30)28-14-12-27(2)13-15-28)31-23(25-17)22-26-19-10-6-7-11-20(19)29(22)16-18-8-4-3-5-9-18/h3-11H,12-16H2,1-2H3. The summed E-state index contributed by atoms with van der Waals surface area (Å²) in [6.07, 6.45) is 0. The molecule has 31 heavy (non-hydrogen) atoms. The zero-order chi connectivity index (χ0) is 21.4. The van der Waals surface area contributed by atoms with Crippen molar-refractivity contribution < 1.29 is 4.79 Å². The summed E-state index contributed by atoms with van der Waals surface area (Å²) in [4.78, 5) is 27.8. The Balaban J connectivity index is 1.53. The lowest BCUT2D eigenvalue weighted by molar-refractivity contribution is 0.0668. The van der Waals surface area contributed by atoms with E-state index in [1.165, 1.54) is 16.9 Å². The van der Waals surface area contributed by atoms with Crippen LogP contribution in [0.3, 0.4) is 0 Å². The minimum absolute atomic E-state index is 0.0834. The van der Waals surface area contributed by atoms with Gasteiger partial charge in [-0.15, -0.1) is 11.3 Å². The van der Waals surface area contributed by atoms with Crippen molar-refractivity contribution in [2.75, 3.05) is 33.2 Å². The third-order valence-electron chi connectivity index (χ3n) is 5.81. The quantitative estimate of drug-likeness (QED) is 0.492. The van der Waals surface area contributed by atoms with Gasteiger partial charge in [0.25, 0.3) is 5.91 Å². The van der Waals surface area contributed by atoms with E-state index < -0.39 is 0 Å². The van der Waals surface area contributed by atoms with Crippen LogP contribution in [0.4, 0.5) is 0 Å². The number of carbonyl (C=O) groups excluding carboxylic acids is 1. The van der Waals surface area contributed by atoms with E-state index in [-0.39, 0.29) is 5.91 Å². The van der Waals surface area contributed by atoms with Crippen LogP contribution >= 0.6 is 11.3 Å². The van der Waals surface area contributed by atoms with Crippen LogP contribution in [0.5, 0.6) is 0 Å². The monoisotopic (exact) mass is 431 g/mol. The molecule has 1 saturated heterocycles. The second-order valence-corrected chi connectivity index (χ2v) is 9.02. The van der Waals surface area contributed by atoms with E-state index in [0.29, 0.717) is 6.54 Å². The molecular formula is C24H25N5OS. The maximum absolute atomic E-state index is 13.2. The van der Waals surface area contributed by atoms with Crippen LogP contribution in [-0.4, -0.2) is 63.5 Å². The molecule has 2 aromatic carbocycles. The Morgan fingerprint density at radius 2 is 1.68 bits per heavy atom. The zero-order valence-electron chi connectivity index (χ0n) is 17.8. The summed E-state index contributed by atoms with van der Waals surface area (Å²) in [6, 6.07) is 18.5. The van der Waals surface area contributed by atoms with Gasteiger partial charge in [-0.2, -0.15) is 0 Å². The highest BCUT2D eigenvalue weighted by molar-refractivity contribution is 7.17. The Morgan fingerprint density at radius 1 is 0.968 bits per heavy atom. The molecule has 7 heteroatoms. The van der Waals surface area contributed by atoms with Gasteiger partial charge >= 0.3 is 0 Å². The maximum Gasteiger partial charge on any atom is 0.265 e. The lowest BCUT2D eigenvalue weighted by atomic mass is 10.2. The third kappa shape index (κ3) is 3.86. The number of benzene rings is 2. The molecule has 1 aliphatic rings. The van der Waals surface area contributed by atoms with Gasteiger partial charge in [0.1, 0.15) is 4.88 Å². The van der Waals surface area contributed by atoms with Crippen LogP contribution < -0.4 is 0 Å². The summed E-state index contributed by atoms with van der Waals surface area (Å²) in [7, 11) is 2.09. The molecule has 0 atom stereocenters. The molecule has 1 amide bonds. The van der Waals surface area contributed by atoms with Gasteiger partial charge in [-0.1, -0.05) is 42.5 Å². The van der Waals surface area contributed by atoms with Crippen LogP contribution in [0, 0.1) is 6.92 Å². The minimum Gasteiger partial charge on any atom is -0.335 e. The number of amides is 1. The Hall–Kier alpha value is -3.03. The number of imidazole rings is 1. The highest BCUT2D eigenvalue weighted by Gasteiger charge is 2.26. The van der Waals surface area contributed by atoms with E-state index in [2.05, 4.69) is 46.8 Å². The average Bonchev–Trinajstić information content (AvgIpc) is 3.35. The summed E-state index contributed by atoms with van der Waals surface area (Å²) in [6.45, 7) is 5.96. The zero-order valence-corrected chi connectivity index (χ0v) is 18.6. The van der Waals surface area contributed by atoms with Gasteiger partial charge in [-0.3, -0.25) is 4.79 Å². The van der Waals surface area contributed by atoms with E-state index in [9.17, 15) is 4.79 Å². The highest BCUT2D eigenvalue weighted by atomic mass is 32.1. The van der Waals surface area contributed by atoms with Crippen LogP contribution in [0.2, 0.25) is 0 Å². The van der Waals surface area contributed by atoms with E-state index in [1.54, 1.807) is 0 Å². The van der Waals surface area contributed by atoms with Gasteiger partial charge in [-0.05, 0) is 31.7 Å². The fourth-order valence-electron chi connectivity index (χ4n) is 4.01. The SMILES string of the molecule is Cc1nc(-c2nc3ccccc3n2Cc2ccccc2)sc1C(=O)N1CCN(C)CC1. The Kier molecular flexibility index (Phi) is 5.29. The molecule has 5 rings (SSSR count).